The molecule has 0 radical (unpaired) electrons. The van der Waals surface area contributed by atoms with Crippen molar-refractivity contribution in [2.24, 2.45) is 7.05 Å². The van der Waals surface area contributed by atoms with E-state index in [0.717, 1.165) is 61.8 Å². The largest absolute Gasteiger partial charge is 0.379 e. The van der Waals surface area contributed by atoms with Crippen LogP contribution >= 0.6 is 0 Å². The third kappa shape index (κ3) is 3.96. The van der Waals surface area contributed by atoms with Crippen molar-refractivity contribution in [3.05, 3.63) is 35.9 Å². The molecule has 4 aromatic rings. The monoisotopic (exact) mass is 543 g/mol. The number of nitrogens with zero attached hydrogens (tertiary/aromatic N) is 9. The zero-order valence-corrected chi connectivity index (χ0v) is 22.7. The van der Waals surface area contributed by atoms with Gasteiger partial charge in [-0.25, -0.2) is 9.97 Å². The Balaban J connectivity index is 1.21. The smallest absolute Gasteiger partial charge is 0.290 e. The van der Waals surface area contributed by atoms with Gasteiger partial charge in [-0.1, -0.05) is 12.1 Å². The number of para-hydroxylation sites is 2. The lowest BCUT2D eigenvalue weighted by Crippen LogP contribution is -2.63. The van der Waals surface area contributed by atoms with Crippen molar-refractivity contribution >= 4 is 33.9 Å². The molecule has 3 saturated heterocycles. The van der Waals surface area contributed by atoms with Crippen molar-refractivity contribution in [3.63, 3.8) is 0 Å². The van der Waals surface area contributed by atoms with Gasteiger partial charge in [0.15, 0.2) is 17.0 Å². The molecule has 4 fully saturated rings. The molecular weight excluding hydrogens is 510 g/mol. The number of carbonyl (C=O) groups excluding carboxylic acids is 1. The lowest BCUT2D eigenvalue weighted by Gasteiger charge is -2.46. The maximum absolute atomic E-state index is 13.7. The second-order valence-corrected chi connectivity index (χ2v) is 11.2. The molecule has 1 saturated carbocycles. The van der Waals surface area contributed by atoms with Crippen molar-refractivity contribution < 1.29 is 14.3 Å². The summed E-state index contributed by atoms with van der Waals surface area (Å²) < 4.78 is 15.1. The summed E-state index contributed by atoms with van der Waals surface area (Å²) in [6.45, 7) is 7.44. The van der Waals surface area contributed by atoms with Gasteiger partial charge in [-0.2, -0.15) is 9.97 Å². The normalized spacial score (nSPS) is 20.9. The van der Waals surface area contributed by atoms with Crippen LogP contribution < -0.4 is 4.90 Å². The van der Waals surface area contributed by atoms with Crippen LogP contribution in [0.4, 0.5) is 5.82 Å². The van der Waals surface area contributed by atoms with Crippen LogP contribution in [0.25, 0.3) is 28.1 Å². The van der Waals surface area contributed by atoms with Gasteiger partial charge in [0.05, 0.1) is 37.5 Å². The quantitative estimate of drug-likeness (QED) is 0.371. The fourth-order valence-electron chi connectivity index (χ4n) is 6.13. The van der Waals surface area contributed by atoms with Gasteiger partial charge in [0.1, 0.15) is 5.82 Å². The molecule has 3 aliphatic heterocycles. The average molecular weight is 544 g/mol. The van der Waals surface area contributed by atoms with Crippen LogP contribution in [-0.2, 0) is 16.5 Å². The Hall–Kier alpha value is -3.61. The van der Waals surface area contributed by atoms with E-state index in [2.05, 4.69) is 20.4 Å². The highest BCUT2D eigenvalue weighted by atomic mass is 16.5. The fourth-order valence-corrected chi connectivity index (χ4v) is 6.13. The van der Waals surface area contributed by atoms with Gasteiger partial charge in [0.25, 0.3) is 5.91 Å². The summed E-state index contributed by atoms with van der Waals surface area (Å²) >= 11 is 0. The zero-order chi connectivity index (χ0) is 26.8. The van der Waals surface area contributed by atoms with Crippen molar-refractivity contribution in [2.75, 3.05) is 70.6 Å². The Labute approximate surface area is 231 Å². The SMILES string of the molecule is Cn1c(C(=O)N2CC(N3CCOCC3)C2)nc2c(N3CCOCC3)nc(-n3c(C4CC4)nc4ccccc43)nc21. The molecule has 1 amide bonds. The summed E-state index contributed by atoms with van der Waals surface area (Å²) in [5, 5.41) is 0. The van der Waals surface area contributed by atoms with Gasteiger partial charge in [0, 0.05) is 58.3 Å². The number of fused-ring (bicyclic) bond motifs is 2. The first-order chi connectivity index (χ1) is 19.7. The molecule has 1 aromatic carbocycles. The maximum atomic E-state index is 13.7. The summed E-state index contributed by atoms with van der Waals surface area (Å²) in [5.74, 6) is 3.06. The second kappa shape index (κ2) is 9.50. The molecule has 0 N–H and O–H groups in total. The molecule has 12 heteroatoms. The fraction of sp³-hybridized carbons (Fsp3) is 0.536. The van der Waals surface area contributed by atoms with E-state index in [1.165, 1.54) is 0 Å². The molecule has 6 heterocycles. The van der Waals surface area contributed by atoms with Crippen LogP contribution in [-0.4, -0.2) is 117 Å². The van der Waals surface area contributed by atoms with Gasteiger partial charge in [0.2, 0.25) is 11.8 Å². The average Bonchev–Trinajstić information content (AvgIpc) is 3.67. The Morgan fingerprint density at radius 3 is 2.38 bits per heavy atom. The van der Waals surface area contributed by atoms with Crippen LogP contribution in [0.15, 0.2) is 24.3 Å². The Morgan fingerprint density at radius 1 is 0.900 bits per heavy atom. The van der Waals surface area contributed by atoms with E-state index in [1.807, 2.05) is 34.7 Å². The zero-order valence-electron chi connectivity index (χ0n) is 22.7. The van der Waals surface area contributed by atoms with E-state index in [0.29, 0.717) is 74.3 Å². The van der Waals surface area contributed by atoms with Crippen LogP contribution in [0.1, 0.15) is 35.2 Å². The van der Waals surface area contributed by atoms with Gasteiger partial charge >= 0.3 is 0 Å². The molecule has 12 nitrogen and oxygen atoms in total. The number of aryl methyl sites for hydroxylation is 1. The minimum atomic E-state index is -0.0637. The summed E-state index contributed by atoms with van der Waals surface area (Å²) in [7, 11) is 1.88. The summed E-state index contributed by atoms with van der Waals surface area (Å²) in [6, 6.07) is 8.53. The minimum Gasteiger partial charge on any atom is -0.379 e. The number of hydrogen-bond donors (Lipinski definition) is 0. The van der Waals surface area contributed by atoms with E-state index in [1.54, 1.807) is 0 Å². The number of hydrogen-bond acceptors (Lipinski definition) is 9. The first kappa shape index (κ1) is 24.2. The Morgan fingerprint density at radius 2 is 1.62 bits per heavy atom. The summed E-state index contributed by atoms with van der Waals surface area (Å²) in [5.41, 5.74) is 3.23. The lowest BCUT2D eigenvalue weighted by molar-refractivity contribution is -0.0260. The van der Waals surface area contributed by atoms with Crippen LogP contribution in [0.5, 0.6) is 0 Å². The van der Waals surface area contributed by atoms with Gasteiger partial charge in [-0.05, 0) is 25.0 Å². The number of anilines is 1. The molecule has 4 aliphatic rings. The lowest BCUT2D eigenvalue weighted by atomic mass is 10.1. The number of carbonyl (C=O) groups is 1. The number of imidazole rings is 2. The number of morpholine rings is 2. The van der Waals surface area contributed by atoms with Crippen LogP contribution in [0.2, 0.25) is 0 Å². The summed E-state index contributed by atoms with van der Waals surface area (Å²) in [4.78, 5) is 40.2. The van der Waals surface area contributed by atoms with Gasteiger partial charge < -0.3 is 23.8 Å². The molecule has 208 valence electrons. The van der Waals surface area contributed by atoms with E-state index < -0.39 is 0 Å². The molecule has 1 aliphatic carbocycles. The van der Waals surface area contributed by atoms with Crippen LogP contribution in [0, 0.1) is 0 Å². The summed E-state index contributed by atoms with van der Waals surface area (Å²) in [6.07, 6.45) is 2.24. The molecule has 0 unspecified atom stereocenters. The molecule has 40 heavy (non-hydrogen) atoms. The van der Waals surface area contributed by atoms with Crippen molar-refractivity contribution in [3.8, 4) is 5.95 Å². The molecule has 8 rings (SSSR count). The highest BCUT2D eigenvalue weighted by Crippen LogP contribution is 2.42. The molecule has 0 atom stereocenters. The molecule has 3 aromatic heterocycles. The Bertz CT molecular complexity index is 1590. The molecule has 0 spiro atoms. The predicted molar refractivity (Wildman–Crippen MR) is 148 cm³/mol. The van der Waals surface area contributed by atoms with Crippen molar-refractivity contribution in [2.45, 2.75) is 24.8 Å². The third-order valence-corrected chi connectivity index (χ3v) is 8.63. The minimum absolute atomic E-state index is 0.0637. The van der Waals surface area contributed by atoms with E-state index in [-0.39, 0.29) is 5.91 Å². The van der Waals surface area contributed by atoms with Gasteiger partial charge in [-0.15, -0.1) is 0 Å². The Kier molecular flexibility index (Phi) is 5.75. The highest BCUT2D eigenvalue weighted by Gasteiger charge is 2.38. The maximum Gasteiger partial charge on any atom is 0.290 e. The van der Waals surface area contributed by atoms with Crippen molar-refractivity contribution in [1.29, 1.82) is 0 Å². The first-order valence-corrected chi connectivity index (χ1v) is 14.3. The number of aromatic nitrogens is 6. The van der Waals surface area contributed by atoms with E-state index >= 15 is 0 Å². The number of likely N-dealkylation sites (tertiary alicyclic amines) is 1. The topological polar surface area (TPSA) is 107 Å². The highest BCUT2D eigenvalue weighted by molar-refractivity contribution is 5.97. The van der Waals surface area contributed by atoms with Crippen LogP contribution in [0.3, 0.4) is 0 Å². The molecular formula is C28H33N9O3. The number of benzene rings is 1. The number of rotatable bonds is 5. The van der Waals surface area contributed by atoms with E-state index in [4.69, 9.17) is 29.4 Å². The number of amides is 1. The first-order valence-electron chi connectivity index (χ1n) is 14.3. The predicted octanol–water partition coefficient (Wildman–Crippen LogP) is 1.57. The second-order valence-electron chi connectivity index (χ2n) is 11.2. The molecule has 0 bridgehead atoms. The van der Waals surface area contributed by atoms with Gasteiger partial charge in [-0.3, -0.25) is 14.3 Å². The van der Waals surface area contributed by atoms with E-state index in [9.17, 15) is 4.79 Å². The number of ether oxygens (including phenoxy) is 2. The standard InChI is InChI=1S/C28H33N9O3/c1-33-24-22(30-26(33)27(38)36-16-19(17-36)34-8-12-39-13-9-34)25(35-10-14-40-15-11-35)32-28(31-24)37-21-5-3-2-4-20(21)29-23(37)18-6-7-18/h2-5,18-19H,6-17H2,1H3. The van der Waals surface area contributed by atoms with Crippen molar-refractivity contribution in [1.82, 2.24) is 38.9 Å². The third-order valence-electron chi connectivity index (χ3n) is 8.63.